The van der Waals surface area contributed by atoms with Crippen molar-refractivity contribution < 1.29 is 4.74 Å². The maximum absolute atomic E-state index is 5.89. The molecule has 0 fully saturated rings. The van der Waals surface area contributed by atoms with E-state index >= 15 is 0 Å². The van der Waals surface area contributed by atoms with Gasteiger partial charge in [0, 0.05) is 31.9 Å². The number of rotatable bonds is 8. The zero-order valence-electron chi connectivity index (χ0n) is 18.0. The molecule has 30 heavy (non-hydrogen) atoms. The highest BCUT2D eigenvalue weighted by molar-refractivity contribution is 5.80. The van der Waals surface area contributed by atoms with Crippen LogP contribution < -0.4 is 9.64 Å². The average molecular weight is 400 g/mol. The van der Waals surface area contributed by atoms with Crippen LogP contribution in [0.5, 0.6) is 5.75 Å². The predicted molar refractivity (Wildman–Crippen MR) is 125 cm³/mol. The van der Waals surface area contributed by atoms with Gasteiger partial charge in [-0.25, -0.2) is 4.98 Å². The molecule has 0 atom stereocenters. The van der Waals surface area contributed by atoms with Crippen molar-refractivity contribution in [3.8, 4) is 17.1 Å². The second kappa shape index (κ2) is 9.04. The number of benzene rings is 3. The number of imidazole rings is 1. The average Bonchev–Trinajstić information content (AvgIpc) is 3.13. The van der Waals surface area contributed by atoms with E-state index in [4.69, 9.17) is 9.72 Å². The van der Waals surface area contributed by atoms with E-state index < -0.39 is 0 Å². The standard InChI is InChI=1S/C26H29N3O/c1-20-10-16-23(17-11-20)30-19-7-6-18-29-25-9-5-4-8-24(25)27-26(29)21-12-14-22(15-13-21)28(2)3/h4-5,8-17H,6-7,18-19H2,1-3H3. The van der Waals surface area contributed by atoms with Gasteiger partial charge in [-0.2, -0.15) is 0 Å². The molecule has 0 spiro atoms. The quantitative estimate of drug-likeness (QED) is 0.344. The lowest BCUT2D eigenvalue weighted by molar-refractivity contribution is 0.303. The SMILES string of the molecule is Cc1ccc(OCCCCn2c(-c3ccc(N(C)C)cc3)nc3ccccc32)cc1. The smallest absolute Gasteiger partial charge is 0.141 e. The second-order valence-corrected chi connectivity index (χ2v) is 7.89. The number of anilines is 1. The van der Waals surface area contributed by atoms with Crippen LogP contribution >= 0.6 is 0 Å². The Hall–Kier alpha value is -3.27. The Bertz CT molecular complexity index is 1100. The van der Waals surface area contributed by atoms with Gasteiger partial charge in [0.2, 0.25) is 0 Å². The number of para-hydroxylation sites is 2. The Balaban J connectivity index is 1.47. The minimum Gasteiger partial charge on any atom is -0.494 e. The third-order valence-electron chi connectivity index (χ3n) is 5.36. The molecule has 0 saturated heterocycles. The van der Waals surface area contributed by atoms with Crippen molar-refractivity contribution in [2.45, 2.75) is 26.3 Å². The molecule has 0 aliphatic heterocycles. The number of aromatic nitrogens is 2. The number of hydrogen-bond acceptors (Lipinski definition) is 3. The van der Waals surface area contributed by atoms with E-state index in [2.05, 4.69) is 85.1 Å². The van der Waals surface area contributed by atoms with Crippen molar-refractivity contribution in [3.63, 3.8) is 0 Å². The van der Waals surface area contributed by atoms with Crippen molar-refractivity contribution in [2.75, 3.05) is 25.6 Å². The third kappa shape index (κ3) is 4.48. The number of aryl methyl sites for hydroxylation is 2. The highest BCUT2D eigenvalue weighted by atomic mass is 16.5. The predicted octanol–water partition coefficient (Wildman–Crippen LogP) is 5.94. The molecule has 4 nitrogen and oxygen atoms in total. The van der Waals surface area contributed by atoms with Gasteiger partial charge < -0.3 is 14.2 Å². The summed E-state index contributed by atoms with van der Waals surface area (Å²) in [5.74, 6) is 1.97. The molecule has 4 aromatic rings. The number of nitrogens with zero attached hydrogens (tertiary/aromatic N) is 3. The summed E-state index contributed by atoms with van der Waals surface area (Å²) in [6, 6.07) is 25.2. The van der Waals surface area contributed by atoms with Gasteiger partial charge in [0.25, 0.3) is 0 Å². The molecule has 0 radical (unpaired) electrons. The van der Waals surface area contributed by atoms with Crippen molar-refractivity contribution in [2.24, 2.45) is 0 Å². The fraction of sp³-hybridized carbons (Fsp3) is 0.269. The van der Waals surface area contributed by atoms with E-state index in [1.54, 1.807) is 0 Å². The Morgan fingerprint density at radius 2 is 1.60 bits per heavy atom. The van der Waals surface area contributed by atoms with E-state index in [0.717, 1.165) is 48.6 Å². The van der Waals surface area contributed by atoms with Crippen LogP contribution in [0.15, 0.2) is 72.8 Å². The molecule has 0 amide bonds. The van der Waals surface area contributed by atoms with Crippen LogP contribution in [-0.4, -0.2) is 30.3 Å². The van der Waals surface area contributed by atoms with E-state index in [1.807, 2.05) is 18.2 Å². The lowest BCUT2D eigenvalue weighted by atomic mass is 10.2. The Morgan fingerprint density at radius 3 is 2.33 bits per heavy atom. The van der Waals surface area contributed by atoms with Gasteiger partial charge >= 0.3 is 0 Å². The molecule has 0 saturated carbocycles. The normalized spacial score (nSPS) is 11.0. The zero-order valence-corrected chi connectivity index (χ0v) is 18.0. The minimum atomic E-state index is 0.725. The molecule has 1 heterocycles. The van der Waals surface area contributed by atoms with Gasteiger partial charge in [-0.05, 0) is 68.3 Å². The molecule has 0 N–H and O–H groups in total. The summed E-state index contributed by atoms with van der Waals surface area (Å²) < 4.78 is 8.23. The first-order valence-corrected chi connectivity index (χ1v) is 10.5. The van der Waals surface area contributed by atoms with Gasteiger partial charge in [-0.15, -0.1) is 0 Å². The van der Waals surface area contributed by atoms with E-state index in [0.29, 0.717) is 0 Å². The maximum Gasteiger partial charge on any atom is 0.141 e. The van der Waals surface area contributed by atoms with Crippen molar-refractivity contribution >= 4 is 16.7 Å². The summed E-state index contributed by atoms with van der Waals surface area (Å²) in [4.78, 5) is 7.04. The van der Waals surface area contributed by atoms with Gasteiger partial charge in [-0.1, -0.05) is 29.8 Å². The third-order valence-corrected chi connectivity index (χ3v) is 5.36. The van der Waals surface area contributed by atoms with Crippen LogP contribution in [0.1, 0.15) is 18.4 Å². The summed E-state index contributed by atoms with van der Waals surface area (Å²) in [7, 11) is 4.12. The molecule has 0 unspecified atom stereocenters. The van der Waals surface area contributed by atoms with Crippen molar-refractivity contribution in [1.29, 1.82) is 0 Å². The zero-order chi connectivity index (χ0) is 20.9. The molecule has 4 rings (SSSR count). The fourth-order valence-corrected chi connectivity index (χ4v) is 3.63. The maximum atomic E-state index is 5.89. The van der Waals surface area contributed by atoms with Gasteiger partial charge in [-0.3, -0.25) is 0 Å². The summed E-state index contributed by atoms with van der Waals surface area (Å²) in [6.45, 7) is 3.73. The molecule has 0 aliphatic carbocycles. The Morgan fingerprint density at radius 1 is 0.867 bits per heavy atom. The van der Waals surface area contributed by atoms with Crippen LogP contribution in [0.25, 0.3) is 22.4 Å². The minimum absolute atomic E-state index is 0.725. The van der Waals surface area contributed by atoms with Gasteiger partial charge in [0.1, 0.15) is 11.6 Å². The fourth-order valence-electron chi connectivity index (χ4n) is 3.63. The number of unbranched alkanes of at least 4 members (excludes halogenated alkanes) is 1. The highest BCUT2D eigenvalue weighted by Crippen LogP contribution is 2.27. The molecule has 4 heteroatoms. The monoisotopic (exact) mass is 399 g/mol. The molecular formula is C26H29N3O. The summed E-state index contributed by atoms with van der Waals surface area (Å²) >= 11 is 0. The van der Waals surface area contributed by atoms with E-state index in [9.17, 15) is 0 Å². The first-order valence-electron chi connectivity index (χ1n) is 10.5. The molecule has 1 aromatic heterocycles. The summed E-state index contributed by atoms with van der Waals surface area (Å²) in [5, 5.41) is 0. The molecule has 0 bridgehead atoms. The highest BCUT2D eigenvalue weighted by Gasteiger charge is 2.12. The van der Waals surface area contributed by atoms with Gasteiger partial charge in [0.05, 0.1) is 17.6 Å². The molecule has 154 valence electrons. The first kappa shape index (κ1) is 20.0. The Labute approximate surface area is 178 Å². The summed E-state index contributed by atoms with van der Waals surface area (Å²) in [5.41, 5.74) is 5.81. The lowest BCUT2D eigenvalue weighted by Crippen LogP contribution is -2.08. The van der Waals surface area contributed by atoms with Crippen LogP contribution in [0, 0.1) is 6.92 Å². The number of fused-ring (bicyclic) bond motifs is 1. The Kier molecular flexibility index (Phi) is 6.03. The molecule has 0 aliphatic rings. The van der Waals surface area contributed by atoms with Crippen LogP contribution in [0.3, 0.4) is 0 Å². The van der Waals surface area contributed by atoms with Gasteiger partial charge in [0.15, 0.2) is 0 Å². The number of hydrogen-bond donors (Lipinski definition) is 0. The van der Waals surface area contributed by atoms with E-state index in [-0.39, 0.29) is 0 Å². The van der Waals surface area contributed by atoms with Crippen molar-refractivity contribution in [1.82, 2.24) is 9.55 Å². The van der Waals surface area contributed by atoms with Crippen LogP contribution in [0.2, 0.25) is 0 Å². The second-order valence-electron chi connectivity index (χ2n) is 7.89. The number of ether oxygens (including phenoxy) is 1. The van der Waals surface area contributed by atoms with E-state index in [1.165, 1.54) is 16.8 Å². The largest absolute Gasteiger partial charge is 0.494 e. The topological polar surface area (TPSA) is 30.3 Å². The first-order chi connectivity index (χ1) is 14.6. The lowest BCUT2D eigenvalue weighted by Gasteiger charge is -2.14. The summed E-state index contributed by atoms with van der Waals surface area (Å²) in [6.07, 6.45) is 2.04. The van der Waals surface area contributed by atoms with Crippen LogP contribution in [-0.2, 0) is 6.54 Å². The molecular weight excluding hydrogens is 370 g/mol. The molecule has 3 aromatic carbocycles. The van der Waals surface area contributed by atoms with Crippen molar-refractivity contribution in [3.05, 3.63) is 78.4 Å². The van der Waals surface area contributed by atoms with Crippen LogP contribution in [0.4, 0.5) is 5.69 Å².